The number of hydrogen-bond donors (Lipinski definition) is 1. The molecule has 4 nitrogen and oxygen atoms in total. The molecule has 1 N–H and O–H groups in total. The first-order valence-corrected chi connectivity index (χ1v) is 8.18. The Morgan fingerprint density at radius 3 is 2.67 bits per heavy atom. The Hall–Kier alpha value is -1.36. The van der Waals surface area contributed by atoms with Crippen LogP contribution in [0.2, 0.25) is 0 Å². The summed E-state index contributed by atoms with van der Waals surface area (Å²) in [7, 11) is 0. The quantitative estimate of drug-likeness (QED) is 0.911. The van der Waals surface area contributed by atoms with Crippen LogP contribution >= 0.6 is 15.9 Å². The van der Waals surface area contributed by atoms with E-state index in [0.717, 1.165) is 23.0 Å². The van der Waals surface area contributed by atoms with E-state index in [2.05, 4.69) is 21.2 Å². The number of carbonyl (C=O) groups excluding carboxylic acids is 2. The summed E-state index contributed by atoms with van der Waals surface area (Å²) in [4.78, 5) is 27.2. The fourth-order valence-corrected chi connectivity index (χ4v) is 3.52. The standard InChI is InChI=1S/C16H19BrN2O2/c1-3-13-14(20)18-16(2,10-7-8-10)15(21)19(13)12-6-4-5-11(17)9-12/h4-6,9-10,13H,3,7-8H2,1-2H3,(H,18,20). The summed E-state index contributed by atoms with van der Waals surface area (Å²) in [6.45, 7) is 3.80. The first-order chi connectivity index (χ1) is 9.97. The summed E-state index contributed by atoms with van der Waals surface area (Å²) < 4.78 is 0.904. The number of carbonyl (C=O) groups is 2. The van der Waals surface area contributed by atoms with Gasteiger partial charge in [0.25, 0.3) is 5.91 Å². The van der Waals surface area contributed by atoms with Gasteiger partial charge >= 0.3 is 0 Å². The summed E-state index contributed by atoms with van der Waals surface area (Å²) in [5.41, 5.74) is 0.0217. The Balaban J connectivity index is 2.04. The molecule has 0 spiro atoms. The van der Waals surface area contributed by atoms with Crippen LogP contribution < -0.4 is 10.2 Å². The number of rotatable bonds is 3. The Morgan fingerprint density at radius 2 is 2.10 bits per heavy atom. The average molecular weight is 351 g/mol. The second kappa shape index (κ2) is 5.13. The molecule has 1 aromatic carbocycles. The molecule has 0 bridgehead atoms. The summed E-state index contributed by atoms with van der Waals surface area (Å²) in [6, 6.07) is 7.15. The van der Waals surface area contributed by atoms with Crippen molar-refractivity contribution in [1.29, 1.82) is 0 Å². The third-order valence-electron chi connectivity index (χ3n) is 4.53. The maximum absolute atomic E-state index is 13.1. The van der Waals surface area contributed by atoms with Crippen LogP contribution in [0.1, 0.15) is 33.1 Å². The number of nitrogens with zero attached hydrogens (tertiary/aromatic N) is 1. The molecule has 2 atom stereocenters. The van der Waals surface area contributed by atoms with Gasteiger partial charge in [-0.3, -0.25) is 14.5 Å². The monoisotopic (exact) mass is 350 g/mol. The minimum absolute atomic E-state index is 0.00884. The maximum atomic E-state index is 13.1. The van der Waals surface area contributed by atoms with Crippen molar-refractivity contribution < 1.29 is 9.59 Å². The van der Waals surface area contributed by atoms with Gasteiger partial charge in [-0.2, -0.15) is 0 Å². The van der Waals surface area contributed by atoms with E-state index >= 15 is 0 Å². The van der Waals surface area contributed by atoms with Crippen LogP contribution in [0.4, 0.5) is 5.69 Å². The lowest BCUT2D eigenvalue weighted by Crippen LogP contribution is -2.70. The number of amides is 2. The molecular weight excluding hydrogens is 332 g/mol. The van der Waals surface area contributed by atoms with E-state index in [1.54, 1.807) is 4.90 Å². The van der Waals surface area contributed by atoms with Gasteiger partial charge in [-0.05, 0) is 50.3 Å². The first kappa shape index (κ1) is 14.6. The largest absolute Gasteiger partial charge is 0.340 e. The van der Waals surface area contributed by atoms with Gasteiger partial charge in [-0.15, -0.1) is 0 Å². The zero-order valence-corrected chi connectivity index (χ0v) is 13.8. The van der Waals surface area contributed by atoms with Crippen LogP contribution in [0.5, 0.6) is 0 Å². The summed E-state index contributed by atoms with van der Waals surface area (Å²) in [5, 5.41) is 2.98. The molecule has 1 saturated heterocycles. The maximum Gasteiger partial charge on any atom is 0.253 e. The SMILES string of the molecule is CCC1C(=O)NC(C)(C2CC2)C(=O)N1c1cccc(Br)c1. The van der Waals surface area contributed by atoms with Crippen LogP contribution in [0, 0.1) is 5.92 Å². The molecular formula is C16H19BrN2O2. The minimum atomic E-state index is -0.759. The van der Waals surface area contributed by atoms with Crippen molar-refractivity contribution in [3.8, 4) is 0 Å². The Bertz CT molecular complexity index is 600. The fraction of sp³-hybridized carbons (Fsp3) is 0.500. The van der Waals surface area contributed by atoms with Crippen molar-refractivity contribution in [1.82, 2.24) is 5.32 Å². The number of anilines is 1. The summed E-state index contributed by atoms with van der Waals surface area (Å²) in [6.07, 6.45) is 2.61. The molecule has 1 aromatic rings. The van der Waals surface area contributed by atoms with Crippen molar-refractivity contribution in [2.24, 2.45) is 5.92 Å². The first-order valence-electron chi connectivity index (χ1n) is 7.38. The van der Waals surface area contributed by atoms with E-state index in [0.29, 0.717) is 6.42 Å². The molecule has 2 fully saturated rings. The molecule has 1 heterocycles. The van der Waals surface area contributed by atoms with Crippen molar-refractivity contribution >= 4 is 33.4 Å². The van der Waals surface area contributed by atoms with Gasteiger partial charge in [0.2, 0.25) is 5.91 Å². The fourth-order valence-electron chi connectivity index (χ4n) is 3.13. The predicted molar refractivity (Wildman–Crippen MR) is 85.0 cm³/mol. The van der Waals surface area contributed by atoms with E-state index < -0.39 is 11.6 Å². The van der Waals surface area contributed by atoms with Crippen LogP contribution in [0.3, 0.4) is 0 Å². The Morgan fingerprint density at radius 1 is 1.38 bits per heavy atom. The van der Waals surface area contributed by atoms with E-state index in [9.17, 15) is 9.59 Å². The zero-order chi connectivity index (χ0) is 15.2. The molecule has 2 unspecified atom stereocenters. The van der Waals surface area contributed by atoms with E-state index in [4.69, 9.17) is 0 Å². The number of piperazine rings is 1. The van der Waals surface area contributed by atoms with Crippen molar-refractivity contribution in [3.05, 3.63) is 28.7 Å². The molecule has 5 heteroatoms. The molecule has 1 saturated carbocycles. The zero-order valence-electron chi connectivity index (χ0n) is 12.2. The van der Waals surface area contributed by atoms with Crippen molar-refractivity contribution in [2.75, 3.05) is 4.90 Å². The second-order valence-electron chi connectivity index (χ2n) is 6.04. The van der Waals surface area contributed by atoms with E-state index in [1.807, 2.05) is 38.1 Å². The molecule has 2 aliphatic rings. The normalized spacial score (nSPS) is 29.5. The Labute approximate surface area is 133 Å². The van der Waals surface area contributed by atoms with E-state index in [-0.39, 0.29) is 17.7 Å². The highest BCUT2D eigenvalue weighted by molar-refractivity contribution is 9.10. The lowest BCUT2D eigenvalue weighted by Gasteiger charge is -2.44. The molecule has 1 aliphatic heterocycles. The van der Waals surface area contributed by atoms with Gasteiger partial charge in [0, 0.05) is 10.2 Å². The van der Waals surface area contributed by atoms with Gasteiger partial charge in [0.15, 0.2) is 0 Å². The summed E-state index contributed by atoms with van der Waals surface area (Å²) in [5.74, 6) is 0.224. The smallest absolute Gasteiger partial charge is 0.253 e. The number of halogens is 1. The lowest BCUT2D eigenvalue weighted by molar-refractivity contribution is -0.138. The highest BCUT2D eigenvalue weighted by Crippen LogP contribution is 2.43. The van der Waals surface area contributed by atoms with E-state index in [1.165, 1.54) is 0 Å². The number of hydrogen-bond acceptors (Lipinski definition) is 2. The van der Waals surface area contributed by atoms with Crippen molar-refractivity contribution in [3.63, 3.8) is 0 Å². The van der Waals surface area contributed by atoms with Gasteiger partial charge < -0.3 is 5.32 Å². The predicted octanol–water partition coefficient (Wildman–Crippen LogP) is 2.86. The van der Waals surface area contributed by atoms with Crippen molar-refractivity contribution in [2.45, 2.75) is 44.7 Å². The van der Waals surface area contributed by atoms with Crippen LogP contribution in [0.15, 0.2) is 28.7 Å². The van der Waals surface area contributed by atoms with Gasteiger partial charge in [0.05, 0.1) is 0 Å². The highest BCUT2D eigenvalue weighted by Gasteiger charge is 2.55. The van der Waals surface area contributed by atoms with Gasteiger partial charge in [-0.25, -0.2) is 0 Å². The third-order valence-corrected chi connectivity index (χ3v) is 5.02. The second-order valence-corrected chi connectivity index (χ2v) is 6.96. The Kier molecular flexibility index (Phi) is 3.56. The molecule has 0 aromatic heterocycles. The number of benzene rings is 1. The number of nitrogens with one attached hydrogen (secondary N) is 1. The molecule has 1 aliphatic carbocycles. The van der Waals surface area contributed by atoms with Crippen LogP contribution in [-0.2, 0) is 9.59 Å². The van der Waals surface area contributed by atoms with Crippen LogP contribution in [0.25, 0.3) is 0 Å². The molecule has 3 rings (SSSR count). The topological polar surface area (TPSA) is 49.4 Å². The molecule has 2 amide bonds. The van der Waals surface area contributed by atoms with Crippen LogP contribution in [-0.4, -0.2) is 23.4 Å². The van der Waals surface area contributed by atoms with Gasteiger partial charge in [0.1, 0.15) is 11.6 Å². The average Bonchev–Trinajstić information content (AvgIpc) is 3.27. The van der Waals surface area contributed by atoms with Gasteiger partial charge in [-0.1, -0.05) is 28.9 Å². The summed E-state index contributed by atoms with van der Waals surface area (Å²) >= 11 is 3.44. The lowest BCUT2D eigenvalue weighted by atomic mass is 9.88. The highest BCUT2D eigenvalue weighted by atomic mass is 79.9. The molecule has 21 heavy (non-hydrogen) atoms. The molecule has 0 radical (unpaired) electrons. The molecule has 112 valence electrons. The third kappa shape index (κ3) is 2.37. The minimum Gasteiger partial charge on any atom is -0.340 e.